The standard InChI is InChI=1S/C24H28N6O3/c1-24(2,3)33-23(32)27-18-9-6-12-29(15-18)22-28-19-10-11-26-20(19)21(31)30(22)14-17-8-5-4-7-16(17)13-25/h4-5,7-8,10-11,18,26H,6,9,12,14-15H2,1-3H3,(H,27,32)/t18-/m1/s1. The Labute approximate surface area is 192 Å². The van der Waals surface area contributed by atoms with Crippen LogP contribution in [0.2, 0.25) is 0 Å². The lowest BCUT2D eigenvalue weighted by molar-refractivity contribution is 0.0499. The number of benzene rings is 1. The predicted molar refractivity (Wildman–Crippen MR) is 125 cm³/mol. The van der Waals surface area contributed by atoms with Crippen LogP contribution in [0.1, 0.15) is 44.7 Å². The van der Waals surface area contributed by atoms with Crippen molar-refractivity contribution in [2.45, 2.75) is 51.8 Å². The Morgan fingerprint density at radius 3 is 2.88 bits per heavy atom. The summed E-state index contributed by atoms with van der Waals surface area (Å²) >= 11 is 0. The van der Waals surface area contributed by atoms with E-state index in [4.69, 9.17) is 9.72 Å². The molecule has 0 unspecified atom stereocenters. The average molecular weight is 449 g/mol. The summed E-state index contributed by atoms with van der Waals surface area (Å²) in [6.07, 6.45) is 2.88. The first-order valence-electron chi connectivity index (χ1n) is 11.1. The molecule has 2 aromatic heterocycles. The van der Waals surface area contributed by atoms with Gasteiger partial charge in [-0.05, 0) is 51.3 Å². The van der Waals surface area contributed by atoms with E-state index in [1.54, 1.807) is 29.0 Å². The van der Waals surface area contributed by atoms with Gasteiger partial charge >= 0.3 is 6.09 Å². The van der Waals surface area contributed by atoms with Crippen LogP contribution in [-0.4, -0.2) is 45.4 Å². The topological polar surface area (TPSA) is 116 Å². The molecule has 0 radical (unpaired) electrons. The minimum absolute atomic E-state index is 0.132. The van der Waals surface area contributed by atoms with E-state index in [1.807, 2.05) is 37.8 Å². The molecule has 0 aliphatic carbocycles. The van der Waals surface area contributed by atoms with E-state index in [9.17, 15) is 14.9 Å². The molecule has 1 aliphatic rings. The van der Waals surface area contributed by atoms with Crippen LogP contribution in [0.15, 0.2) is 41.3 Å². The number of aromatic nitrogens is 3. The van der Waals surface area contributed by atoms with Gasteiger partial charge in [0.05, 0.1) is 23.7 Å². The monoisotopic (exact) mass is 448 g/mol. The van der Waals surface area contributed by atoms with Gasteiger partial charge in [0.1, 0.15) is 11.1 Å². The summed E-state index contributed by atoms with van der Waals surface area (Å²) in [4.78, 5) is 35.4. The molecule has 4 rings (SSSR count). The second kappa shape index (κ2) is 8.98. The maximum Gasteiger partial charge on any atom is 0.407 e. The molecule has 0 saturated carbocycles. The Kier molecular flexibility index (Phi) is 6.09. The number of rotatable bonds is 4. The number of alkyl carbamates (subject to hydrolysis) is 1. The number of fused-ring (bicyclic) bond motifs is 1. The Morgan fingerprint density at radius 1 is 1.33 bits per heavy atom. The molecule has 1 amide bonds. The fraction of sp³-hybridized carbons (Fsp3) is 0.417. The van der Waals surface area contributed by atoms with Crippen molar-refractivity contribution in [2.24, 2.45) is 0 Å². The van der Waals surface area contributed by atoms with Gasteiger partial charge in [0, 0.05) is 25.3 Å². The highest BCUT2D eigenvalue weighted by atomic mass is 16.6. The largest absolute Gasteiger partial charge is 0.444 e. The minimum Gasteiger partial charge on any atom is -0.444 e. The molecule has 1 saturated heterocycles. The summed E-state index contributed by atoms with van der Waals surface area (Å²) in [5, 5.41) is 12.4. The van der Waals surface area contributed by atoms with E-state index in [2.05, 4.69) is 16.4 Å². The minimum atomic E-state index is -0.575. The van der Waals surface area contributed by atoms with Crippen molar-refractivity contribution >= 4 is 23.1 Å². The number of hydrogen-bond acceptors (Lipinski definition) is 6. The molecule has 3 heterocycles. The van der Waals surface area contributed by atoms with E-state index < -0.39 is 11.7 Å². The van der Waals surface area contributed by atoms with Crippen molar-refractivity contribution in [2.75, 3.05) is 18.0 Å². The molecule has 1 fully saturated rings. The maximum absolute atomic E-state index is 13.4. The molecule has 9 heteroatoms. The summed E-state index contributed by atoms with van der Waals surface area (Å²) in [6, 6.07) is 11.1. The lowest BCUT2D eigenvalue weighted by atomic mass is 10.1. The summed E-state index contributed by atoms with van der Waals surface area (Å²) in [7, 11) is 0. The fourth-order valence-electron chi connectivity index (χ4n) is 4.09. The third-order valence-electron chi connectivity index (χ3n) is 5.54. The summed E-state index contributed by atoms with van der Waals surface area (Å²) in [6.45, 7) is 6.91. The number of nitrogens with zero attached hydrogens (tertiary/aromatic N) is 4. The van der Waals surface area contributed by atoms with Gasteiger partial charge < -0.3 is 19.9 Å². The fourth-order valence-corrected chi connectivity index (χ4v) is 4.09. The average Bonchev–Trinajstić information content (AvgIpc) is 3.24. The van der Waals surface area contributed by atoms with E-state index >= 15 is 0 Å². The van der Waals surface area contributed by atoms with Gasteiger partial charge in [0.15, 0.2) is 0 Å². The number of nitriles is 1. The van der Waals surface area contributed by atoms with Crippen LogP contribution < -0.4 is 15.8 Å². The van der Waals surface area contributed by atoms with E-state index in [1.165, 1.54) is 0 Å². The highest BCUT2D eigenvalue weighted by Crippen LogP contribution is 2.22. The zero-order chi connectivity index (χ0) is 23.6. The van der Waals surface area contributed by atoms with Crippen LogP contribution in [0.4, 0.5) is 10.7 Å². The Balaban J connectivity index is 1.66. The maximum atomic E-state index is 13.4. The predicted octanol–water partition coefficient (Wildman–Crippen LogP) is 3.14. The molecule has 172 valence electrons. The smallest absolute Gasteiger partial charge is 0.407 e. The summed E-state index contributed by atoms with van der Waals surface area (Å²) in [5.41, 5.74) is 1.50. The summed E-state index contributed by atoms with van der Waals surface area (Å²) in [5.74, 6) is 0.524. The highest BCUT2D eigenvalue weighted by molar-refractivity contribution is 5.75. The van der Waals surface area contributed by atoms with Crippen molar-refractivity contribution in [3.05, 3.63) is 58.0 Å². The van der Waals surface area contributed by atoms with Gasteiger partial charge in [-0.25, -0.2) is 9.78 Å². The van der Waals surface area contributed by atoms with Gasteiger partial charge in [-0.1, -0.05) is 18.2 Å². The van der Waals surface area contributed by atoms with E-state index in [-0.39, 0.29) is 18.1 Å². The van der Waals surface area contributed by atoms with Crippen molar-refractivity contribution in [3.63, 3.8) is 0 Å². The molecule has 0 spiro atoms. The summed E-state index contributed by atoms with van der Waals surface area (Å²) < 4.78 is 7.00. The van der Waals surface area contributed by atoms with Gasteiger partial charge in [-0.3, -0.25) is 9.36 Å². The lowest BCUT2D eigenvalue weighted by Crippen LogP contribution is -2.50. The Morgan fingerprint density at radius 2 is 2.12 bits per heavy atom. The number of piperidine rings is 1. The van der Waals surface area contributed by atoms with Gasteiger partial charge in [-0.2, -0.15) is 5.26 Å². The number of carbonyl (C=O) groups excluding carboxylic acids is 1. The van der Waals surface area contributed by atoms with E-state index in [0.29, 0.717) is 35.6 Å². The van der Waals surface area contributed by atoms with Crippen molar-refractivity contribution in [1.29, 1.82) is 5.26 Å². The number of carbonyl (C=O) groups is 1. The zero-order valence-electron chi connectivity index (χ0n) is 19.1. The molecule has 1 aliphatic heterocycles. The second-order valence-electron chi connectivity index (χ2n) is 9.24. The van der Waals surface area contributed by atoms with Gasteiger partial charge in [-0.15, -0.1) is 0 Å². The molecule has 1 atom stereocenters. The van der Waals surface area contributed by atoms with Crippen molar-refractivity contribution in [3.8, 4) is 6.07 Å². The van der Waals surface area contributed by atoms with Crippen LogP contribution in [0.3, 0.4) is 0 Å². The first-order chi connectivity index (χ1) is 15.7. The van der Waals surface area contributed by atoms with E-state index in [0.717, 1.165) is 18.4 Å². The number of aromatic amines is 1. The van der Waals surface area contributed by atoms with Crippen LogP contribution in [-0.2, 0) is 11.3 Å². The number of H-pyrrole nitrogens is 1. The molecule has 2 N–H and O–H groups in total. The number of amides is 1. The molecule has 1 aromatic carbocycles. The van der Waals surface area contributed by atoms with Crippen LogP contribution in [0, 0.1) is 11.3 Å². The third kappa shape index (κ3) is 5.00. The van der Waals surface area contributed by atoms with Crippen molar-refractivity contribution in [1.82, 2.24) is 19.9 Å². The second-order valence-corrected chi connectivity index (χ2v) is 9.24. The van der Waals surface area contributed by atoms with Crippen LogP contribution in [0.5, 0.6) is 0 Å². The number of hydrogen-bond donors (Lipinski definition) is 2. The third-order valence-corrected chi connectivity index (χ3v) is 5.54. The Bertz CT molecular complexity index is 1260. The number of anilines is 1. The van der Waals surface area contributed by atoms with Gasteiger partial charge in [0.2, 0.25) is 5.95 Å². The highest BCUT2D eigenvalue weighted by Gasteiger charge is 2.27. The Hall–Kier alpha value is -3.80. The van der Waals surface area contributed by atoms with Gasteiger partial charge in [0.25, 0.3) is 5.56 Å². The molecule has 33 heavy (non-hydrogen) atoms. The number of ether oxygens (including phenoxy) is 1. The molecular weight excluding hydrogens is 420 g/mol. The first kappa shape index (κ1) is 22.4. The number of nitrogens with one attached hydrogen (secondary N) is 2. The molecule has 0 bridgehead atoms. The van der Waals surface area contributed by atoms with Crippen LogP contribution >= 0.6 is 0 Å². The lowest BCUT2D eigenvalue weighted by Gasteiger charge is -2.35. The molecular formula is C24H28N6O3. The van der Waals surface area contributed by atoms with Crippen molar-refractivity contribution < 1.29 is 9.53 Å². The molecule has 9 nitrogen and oxygen atoms in total. The molecule has 3 aromatic rings. The first-order valence-corrected chi connectivity index (χ1v) is 11.1. The zero-order valence-corrected chi connectivity index (χ0v) is 19.1. The quantitative estimate of drug-likeness (QED) is 0.633. The normalized spacial score (nSPS) is 16.4. The van der Waals surface area contributed by atoms with Crippen LogP contribution in [0.25, 0.3) is 11.0 Å². The SMILES string of the molecule is CC(C)(C)OC(=O)N[C@@H]1CCCN(c2nc3cc[nH]c3c(=O)n2Cc2ccccc2C#N)C1.